The number of piperidine rings is 1. The van der Waals surface area contributed by atoms with Crippen LogP contribution in [0.4, 0.5) is 4.39 Å². The third kappa shape index (κ3) is 5.63. The van der Waals surface area contributed by atoms with Gasteiger partial charge in [-0.25, -0.2) is 4.39 Å². The number of nitrogens with one attached hydrogen (secondary N) is 1. The molecule has 0 aromatic heterocycles. The second-order valence-electron chi connectivity index (χ2n) is 5.85. The van der Waals surface area contributed by atoms with Crippen molar-refractivity contribution in [2.75, 3.05) is 19.6 Å². The van der Waals surface area contributed by atoms with Crippen molar-refractivity contribution in [2.45, 2.75) is 39.2 Å². The molecule has 0 unspecified atom stereocenters. The predicted molar refractivity (Wildman–Crippen MR) is 95.2 cm³/mol. The van der Waals surface area contributed by atoms with E-state index in [1.165, 1.54) is 12.1 Å². The summed E-state index contributed by atoms with van der Waals surface area (Å²) in [5.41, 5.74) is 1.56. The quantitative estimate of drug-likeness (QED) is 0.830. The largest absolute Gasteiger partial charge is 0.336 e. The van der Waals surface area contributed by atoms with Crippen molar-refractivity contribution >= 4 is 23.9 Å². The van der Waals surface area contributed by atoms with Crippen LogP contribution in [0.15, 0.2) is 30.3 Å². The van der Waals surface area contributed by atoms with E-state index in [4.69, 9.17) is 0 Å². The van der Waals surface area contributed by atoms with E-state index in [1.54, 1.807) is 12.1 Å². The Hall–Kier alpha value is -1.39. The Labute approximate surface area is 144 Å². The lowest BCUT2D eigenvalue weighted by Crippen LogP contribution is -2.46. The van der Waals surface area contributed by atoms with Crippen molar-refractivity contribution in [3.05, 3.63) is 41.7 Å². The number of hydrogen-bond acceptors (Lipinski definition) is 2. The molecule has 128 valence electrons. The fourth-order valence-electron chi connectivity index (χ4n) is 2.92. The van der Waals surface area contributed by atoms with E-state index in [1.807, 2.05) is 17.9 Å². The molecule has 2 rings (SSSR count). The summed E-state index contributed by atoms with van der Waals surface area (Å²) in [4.78, 5) is 14.6. The zero-order chi connectivity index (χ0) is 15.9. The molecule has 1 heterocycles. The summed E-state index contributed by atoms with van der Waals surface area (Å²) in [6.45, 7) is 6.65. The number of allylic oxidation sites excluding steroid dienone is 1. The molecular weight excluding hydrogens is 315 g/mol. The van der Waals surface area contributed by atoms with Crippen LogP contribution in [0.2, 0.25) is 0 Å². The zero-order valence-corrected chi connectivity index (χ0v) is 14.7. The number of benzene rings is 1. The predicted octanol–water partition coefficient (Wildman–Crippen LogP) is 3.64. The highest BCUT2D eigenvalue weighted by Gasteiger charge is 2.23. The second-order valence-corrected chi connectivity index (χ2v) is 5.85. The SMILES string of the molecule is CCCN(C(=O)/C=C(\C)c1cccc(F)c1)C1CCNCC1.Cl. The van der Waals surface area contributed by atoms with Crippen LogP contribution >= 0.6 is 12.4 Å². The van der Waals surface area contributed by atoms with Gasteiger partial charge in [0.15, 0.2) is 0 Å². The molecule has 5 heteroatoms. The van der Waals surface area contributed by atoms with E-state index in [0.717, 1.165) is 50.0 Å². The van der Waals surface area contributed by atoms with E-state index >= 15 is 0 Å². The molecular formula is C18H26ClFN2O. The van der Waals surface area contributed by atoms with Gasteiger partial charge in [0.25, 0.3) is 0 Å². The summed E-state index contributed by atoms with van der Waals surface area (Å²) in [7, 11) is 0. The van der Waals surface area contributed by atoms with Crippen LogP contribution in [0.3, 0.4) is 0 Å². The van der Waals surface area contributed by atoms with Gasteiger partial charge in [-0.3, -0.25) is 4.79 Å². The highest BCUT2D eigenvalue weighted by molar-refractivity contribution is 5.95. The van der Waals surface area contributed by atoms with Crippen molar-refractivity contribution in [1.82, 2.24) is 10.2 Å². The zero-order valence-electron chi connectivity index (χ0n) is 13.8. The summed E-state index contributed by atoms with van der Waals surface area (Å²) < 4.78 is 13.3. The van der Waals surface area contributed by atoms with Crippen LogP contribution in [-0.2, 0) is 4.79 Å². The molecule has 1 aromatic rings. The van der Waals surface area contributed by atoms with Gasteiger partial charge in [0.1, 0.15) is 5.82 Å². The average molecular weight is 341 g/mol. The Balaban J connectivity index is 0.00000264. The van der Waals surface area contributed by atoms with Crippen molar-refractivity contribution in [2.24, 2.45) is 0 Å². The summed E-state index contributed by atoms with van der Waals surface area (Å²) >= 11 is 0. The summed E-state index contributed by atoms with van der Waals surface area (Å²) in [6.07, 6.45) is 4.59. The lowest BCUT2D eigenvalue weighted by Gasteiger charge is -2.34. The van der Waals surface area contributed by atoms with Crippen LogP contribution < -0.4 is 5.32 Å². The first-order valence-corrected chi connectivity index (χ1v) is 8.07. The Morgan fingerprint density at radius 2 is 2.09 bits per heavy atom. The van der Waals surface area contributed by atoms with Gasteiger partial charge in [-0.2, -0.15) is 0 Å². The molecule has 1 aliphatic heterocycles. The van der Waals surface area contributed by atoms with E-state index in [2.05, 4.69) is 12.2 Å². The van der Waals surface area contributed by atoms with Crippen LogP contribution in [0.1, 0.15) is 38.7 Å². The van der Waals surface area contributed by atoms with E-state index in [9.17, 15) is 9.18 Å². The van der Waals surface area contributed by atoms with E-state index in [0.29, 0.717) is 6.04 Å². The van der Waals surface area contributed by atoms with Gasteiger partial charge in [0, 0.05) is 18.7 Å². The summed E-state index contributed by atoms with van der Waals surface area (Å²) in [6, 6.07) is 6.69. The maximum atomic E-state index is 13.3. The van der Waals surface area contributed by atoms with Gasteiger partial charge in [-0.15, -0.1) is 12.4 Å². The number of rotatable bonds is 5. The monoisotopic (exact) mass is 340 g/mol. The van der Waals surface area contributed by atoms with Gasteiger partial charge in [-0.05, 0) is 62.5 Å². The second kappa shape index (κ2) is 9.68. The fraction of sp³-hybridized carbons (Fsp3) is 0.500. The molecule has 0 atom stereocenters. The van der Waals surface area contributed by atoms with Crippen molar-refractivity contribution in [3.63, 3.8) is 0 Å². The molecule has 0 spiro atoms. The molecule has 23 heavy (non-hydrogen) atoms. The Morgan fingerprint density at radius 3 is 2.70 bits per heavy atom. The van der Waals surface area contributed by atoms with Crippen LogP contribution in [0.5, 0.6) is 0 Å². The lowest BCUT2D eigenvalue weighted by atomic mass is 10.0. The number of amides is 1. The maximum absolute atomic E-state index is 13.3. The van der Waals surface area contributed by atoms with E-state index < -0.39 is 0 Å². The summed E-state index contributed by atoms with van der Waals surface area (Å²) in [5, 5.41) is 3.33. The molecule has 1 aromatic carbocycles. The first-order chi connectivity index (χ1) is 10.6. The van der Waals surface area contributed by atoms with Gasteiger partial charge in [0.2, 0.25) is 5.91 Å². The highest BCUT2D eigenvalue weighted by Crippen LogP contribution is 2.18. The van der Waals surface area contributed by atoms with Crippen LogP contribution in [0.25, 0.3) is 5.57 Å². The molecule has 3 nitrogen and oxygen atoms in total. The van der Waals surface area contributed by atoms with Gasteiger partial charge in [0.05, 0.1) is 0 Å². The lowest BCUT2D eigenvalue weighted by molar-refractivity contribution is -0.128. The van der Waals surface area contributed by atoms with Crippen molar-refractivity contribution in [1.29, 1.82) is 0 Å². The number of halogens is 2. The molecule has 0 radical (unpaired) electrons. The number of carbonyl (C=O) groups excluding carboxylic acids is 1. The minimum Gasteiger partial charge on any atom is -0.336 e. The van der Waals surface area contributed by atoms with Gasteiger partial charge < -0.3 is 10.2 Å². The van der Waals surface area contributed by atoms with Crippen LogP contribution in [0, 0.1) is 5.82 Å². The molecule has 0 saturated carbocycles. The van der Waals surface area contributed by atoms with Crippen LogP contribution in [-0.4, -0.2) is 36.5 Å². The molecule has 1 aliphatic rings. The average Bonchev–Trinajstić information content (AvgIpc) is 2.53. The minimum absolute atomic E-state index is 0. The molecule has 0 aliphatic carbocycles. The molecule has 1 fully saturated rings. The van der Waals surface area contributed by atoms with E-state index in [-0.39, 0.29) is 24.1 Å². The standard InChI is InChI=1S/C18H25FN2O.ClH/c1-3-11-21(17-7-9-20-10-8-17)18(22)12-14(2)15-5-4-6-16(19)13-15;/h4-6,12-13,17,20H,3,7-11H2,1-2H3;1H/b14-12+;. The molecule has 1 saturated heterocycles. The third-order valence-electron chi connectivity index (χ3n) is 4.12. The first kappa shape index (κ1) is 19.7. The normalized spacial score (nSPS) is 15.9. The Bertz CT molecular complexity index is 542. The van der Waals surface area contributed by atoms with Crippen molar-refractivity contribution < 1.29 is 9.18 Å². The smallest absolute Gasteiger partial charge is 0.247 e. The highest BCUT2D eigenvalue weighted by atomic mass is 35.5. The maximum Gasteiger partial charge on any atom is 0.247 e. The fourth-order valence-corrected chi connectivity index (χ4v) is 2.92. The van der Waals surface area contributed by atoms with Crippen molar-refractivity contribution in [3.8, 4) is 0 Å². The van der Waals surface area contributed by atoms with Gasteiger partial charge in [-0.1, -0.05) is 19.1 Å². The number of carbonyl (C=O) groups is 1. The molecule has 1 amide bonds. The first-order valence-electron chi connectivity index (χ1n) is 8.07. The minimum atomic E-state index is -0.276. The number of hydrogen-bond donors (Lipinski definition) is 1. The number of nitrogens with zero attached hydrogens (tertiary/aromatic N) is 1. The molecule has 1 N–H and O–H groups in total. The molecule has 0 bridgehead atoms. The summed E-state index contributed by atoms with van der Waals surface area (Å²) in [5.74, 6) is -0.239. The Kier molecular flexibility index (Phi) is 8.28. The Morgan fingerprint density at radius 1 is 1.39 bits per heavy atom. The topological polar surface area (TPSA) is 32.3 Å². The van der Waals surface area contributed by atoms with Gasteiger partial charge >= 0.3 is 0 Å². The third-order valence-corrected chi connectivity index (χ3v) is 4.12.